The summed E-state index contributed by atoms with van der Waals surface area (Å²) in [6.07, 6.45) is 2.48. The summed E-state index contributed by atoms with van der Waals surface area (Å²) in [7, 11) is 0. The molecule has 0 aromatic rings. The van der Waals surface area contributed by atoms with Crippen LogP contribution >= 0.6 is 0 Å². The Hall–Kier alpha value is -2.44. The van der Waals surface area contributed by atoms with Crippen molar-refractivity contribution in [3.63, 3.8) is 0 Å². The second-order valence-corrected chi connectivity index (χ2v) is 7.93. The zero-order chi connectivity index (χ0) is 21.2. The maximum Gasteiger partial charge on any atom is 0.321 e. The fraction of sp³-hybridized carbons (Fsp3) is 0.619. The molecular formula is C21H26O7. The van der Waals surface area contributed by atoms with Gasteiger partial charge in [-0.05, 0) is 33.1 Å². The number of esters is 1. The zero-order valence-electron chi connectivity index (χ0n) is 16.7. The van der Waals surface area contributed by atoms with E-state index >= 15 is 0 Å². The molecule has 0 amide bonds. The summed E-state index contributed by atoms with van der Waals surface area (Å²) < 4.78 is 5.15. The molecule has 152 valence electrons. The first kappa shape index (κ1) is 21.9. The molecule has 3 unspecified atom stereocenters. The van der Waals surface area contributed by atoms with E-state index in [0.717, 1.165) is 0 Å². The molecule has 1 aliphatic carbocycles. The summed E-state index contributed by atoms with van der Waals surface area (Å²) in [5, 5.41) is 0. The SMILES string of the molecule is CCCC(=O)C1C(=O)C(CC2C(=O)C=C(CCC)OC2=O)C(=O)C(C)(C)C1=O. The Labute approximate surface area is 163 Å². The molecule has 7 nitrogen and oxygen atoms in total. The highest BCUT2D eigenvalue weighted by molar-refractivity contribution is 6.33. The zero-order valence-corrected chi connectivity index (χ0v) is 16.7. The number of Topliss-reactive ketones (excluding diaryl/α,β-unsaturated/α-hetero) is 4. The highest BCUT2D eigenvalue weighted by atomic mass is 16.5. The van der Waals surface area contributed by atoms with E-state index in [0.29, 0.717) is 19.3 Å². The van der Waals surface area contributed by atoms with Crippen molar-refractivity contribution >= 4 is 34.9 Å². The number of ketones is 5. The van der Waals surface area contributed by atoms with Crippen LogP contribution in [0.2, 0.25) is 0 Å². The molecule has 0 radical (unpaired) electrons. The fourth-order valence-electron chi connectivity index (χ4n) is 3.72. The number of carbonyl (C=O) groups excluding carboxylic acids is 6. The monoisotopic (exact) mass is 390 g/mol. The molecule has 3 atom stereocenters. The second kappa shape index (κ2) is 8.29. The summed E-state index contributed by atoms with van der Waals surface area (Å²) in [6.45, 7) is 6.38. The summed E-state index contributed by atoms with van der Waals surface area (Å²) >= 11 is 0. The van der Waals surface area contributed by atoms with Gasteiger partial charge in [-0.2, -0.15) is 0 Å². The van der Waals surface area contributed by atoms with E-state index in [9.17, 15) is 28.8 Å². The Balaban J connectivity index is 2.33. The van der Waals surface area contributed by atoms with Crippen LogP contribution in [-0.2, 0) is 33.5 Å². The van der Waals surface area contributed by atoms with Gasteiger partial charge < -0.3 is 4.74 Å². The van der Waals surface area contributed by atoms with Gasteiger partial charge in [-0.3, -0.25) is 28.8 Å². The van der Waals surface area contributed by atoms with Gasteiger partial charge in [0.25, 0.3) is 0 Å². The molecule has 0 bridgehead atoms. The standard InChI is InChI=1S/C21H26O7/c1-5-7-11-9-15(23)12(20(27)28-11)10-13-17(24)16(14(22)8-6-2)19(26)21(3,4)18(13)25/h9,12-13,16H,5-8,10H2,1-4H3. The minimum Gasteiger partial charge on any atom is -0.430 e. The fourth-order valence-corrected chi connectivity index (χ4v) is 3.72. The molecule has 0 N–H and O–H groups in total. The van der Waals surface area contributed by atoms with Gasteiger partial charge in [-0.25, -0.2) is 0 Å². The number of cyclic esters (lactones) is 1. The largest absolute Gasteiger partial charge is 0.430 e. The van der Waals surface area contributed by atoms with Crippen molar-refractivity contribution in [2.24, 2.45) is 23.2 Å². The van der Waals surface area contributed by atoms with Crippen molar-refractivity contribution in [3.8, 4) is 0 Å². The van der Waals surface area contributed by atoms with Gasteiger partial charge >= 0.3 is 5.97 Å². The molecule has 2 aliphatic rings. The highest BCUT2D eigenvalue weighted by Gasteiger charge is 2.56. The number of allylic oxidation sites excluding steroid dienone is 2. The van der Waals surface area contributed by atoms with Crippen LogP contribution in [-0.4, -0.2) is 34.9 Å². The maximum atomic E-state index is 12.9. The predicted molar refractivity (Wildman–Crippen MR) is 97.9 cm³/mol. The quantitative estimate of drug-likeness (QED) is 0.483. The lowest BCUT2D eigenvalue weighted by molar-refractivity contribution is -0.158. The molecule has 2 rings (SSSR count). The predicted octanol–water partition coefficient (Wildman–Crippen LogP) is 2.15. The topological polar surface area (TPSA) is 112 Å². The lowest BCUT2D eigenvalue weighted by Gasteiger charge is -2.36. The van der Waals surface area contributed by atoms with Crippen molar-refractivity contribution in [1.29, 1.82) is 0 Å². The van der Waals surface area contributed by atoms with Gasteiger partial charge in [0.1, 0.15) is 17.6 Å². The van der Waals surface area contributed by atoms with Gasteiger partial charge in [0.05, 0.1) is 11.3 Å². The molecule has 1 aliphatic heterocycles. The lowest BCUT2D eigenvalue weighted by atomic mass is 9.61. The Morgan fingerprint density at radius 3 is 2.18 bits per heavy atom. The van der Waals surface area contributed by atoms with Crippen LogP contribution in [0, 0.1) is 23.2 Å². The maximum absolute atomic E-state index is 12.9. The first-order chi connectivity index (χ1) is 13.1. The van der Waals surface area contributed by atoms with E-state index in [4.69, 9.17) is 4.74 Å². The van der Waals surface area contributed by atoms with Crippen molar-refractivity contribution < 1.29 is 33.5 Å². The van der Waals surface area contributed by atoms with Crippen LogP contribution in [0.3, 0.4) is 0 Å². The number of hydrogen-bond acceptors (Lipinski definition) is 7. The molecule has 0 aromatic carbocycles. The van der Waals surface area contributed by atoms with Crippen molar-refractivity contribution in [1.82, 2.24) is 0 Å². The Morgan fingerprint density at radius 1 is 1.00 bits per heavy atom. The average molecular weight is 390 g/mol. The first-order valence-electron chi connectivity index (χ1n) is 9.67. The van der Waals surface area contributed by atoms with Crippen molar-refractivity contribution in [2.45, 2.75) is 59.8 Å². The first-order valence-corrected chi connectivity index (χ1v) is 9.67. The van der Waals surface area contributed by atoms with E-state index in [-0.39, 0.29) is 18.6 Å². The van der Waals surface area contributed by atoms with E-state index in [1.807, 2.05) is 6.92 Å². The van der Waals surface area contributed by atoms with Gasteiger partial charge in [0.15, 0.2) is 28.9 Å². The molecule has 0 spiro atoms. The van der Waals surface area contributed by atoms with E-state index in [1.54, 1.807) is 6.92 Å². The summed E-state index contributed by atoms with van der Waals surface area (Å²) in [4.78, 5) is 75.4. The normalized spacial score (nSPS) is 27.5. The number of ether oxygens (including phenoxy) is 1. The van der Waals surface area contributed by atoms with Crippen molar-refractivity contribution in [3.05, 3.63) is 11.8 Å². The third-order valence-corrected chi connectivity index (χ3v) is 5.39. The molecule has 0 aromatic heterocycles. The number of rotatable bonds is 7. The molecular weight excluding hydrogens is 364 g/mol. The van der Waals surface area contributed by atoms with Crippen LogP contribution in [0.4, 0.5) is 0 Å². The third kappa shape index (κ3) is 3.88. The van der Waals surface area contributed by atoms with Gasteiger partial charge in [0.2, 0.25) is 0 Å². The average Bonchev–Trinajstić information content (AvgIpc) is 2.60. The minimum absolute atomic E-state index is 0.0483. The Bertz CT molecular complexity index is 772. The van der Waals surface area contributed by atoms with E-state index in [2.05, 4.69) is 0 Å². The Morgan fingerprint density at radius 2 is 1.64 bits per heavy atom. The summed E-state index contributed by atoms with van der Waals surface area (Å²) in [6, 6.07) is 0. The smallest absolute Gasteiger partial charge is 0.321 e. The summed E-state index contributed by atoms with van der Waals surface area (Å²) in [5.74, 6) is -7.92. The van der Waals surface area contributed by atoms with Gasteiger partial charge in [-0.15, -0.1) is 0 Å². The Kier molecular flexibility index (Phi) is 6.47. The van der Waals surface area contributed by atoms with Crippen molar-refractivity contribution in [2.75, 3.05) is 0 Å². The second-order valence-electron chi connectivity index (χ2n) is 7.93. The molecule has 0 saturated heterocycles. The van der Waals surface area contributed by atoms with Crippen LogP contribution in [0.15, 0.2) is 11.8 Å². The van der Waals surface area contributed by atoms with Crippen LogP contribution in [0.5, 0.6) is 0 Å². The lowest BCUT2D eigenvalue weighted by Crippen LogP contribution is -2.56. The van der Waals surface area contributed by atoms with Gasteiger partial charge in [0, 0.05) is 18.9 Å². The molecule has 1 saturated carbocycles. The molecule has 28 heavy (non-hydrogen) atoms. The van der Waals surface area contributed by atoms with E-state index in [1.165, 1.54) is 19.9 Å². The number of carbonyl (C=O) groups is 6. The third-order valence-electron chi connectivity index (χ3n) is 5.39. The van der Waals surface area contributed by atoms with Crippen LogP contribution in [0.1, 0.15) is 59.8 Å². The van der Waals surface area contributed by atoms with Crippen LogP contribution in [0.25, 0.3) is 0 Å². The molecule has 1 fully saturated rings. The highest BCUT2D eigenvalue weighted by Crippen LogP contribution is 2.38. The number of hydrogen-bond donors (Lipinski definition) is 0. The molecule has 7 heteroatoms. The minimum atomic E-state index is -1.53. The summed E-state index contributed by atoms with van der Waals surface area (Å²) in [5.41, 5.74) is -1.53. The van der Waals surface area contributed by atoms with E-state index < -0.39 is 58.1 Å². The van der Waals surface area contributed by atoms with Crippen LogP contribution < -0.4 is 0 Å². The van der Waals surface area contributed by atoms with Gasteiger partial charge in [-0.1, -0.05) is 13.8 Å². The molecule has 1 heterocycles.